The maximum Gasteiger partial charge on any atom is 0.188 e. The molecule has 0 aromatic heterocycles. The van der Waals surface area contributed by atoms with Crippen molar-refractivity contribution in [2.24, 2.45) is 16.6 Å². The molecule has 0 amide bonds. The zero-order valence-electron chi connectivity index (χ0n) is 16.2. The monoisotopic (exact) mass is 345 g/mol. The van der Waals surface area contributed by atoms with Crippen LogP contribution >= 0.6 is 0 Å². The Balaban J connectivity index is 1.61. The minimum Gasteiger partial charge on any atom is -0.370 e. The van der Waals surface area contributed by atoms with Gasteiger partial charge in [0, 0.05) is 51.5 Å². The summed E-state index contributed by atoms with van der Waals surface area (Å²) >= 11 is 0. The molecule has 0 aliphatic carbocycles. The lowest BCUT2D eigenvalue weighted by molar-refractivity contribution is 0.256. The van der Waals surface area contributed by atoms with Gasteiger partial charge in [-0.1, -0.05) is 26.0 Å². The summed E-state index contributed by atoms with van der Waals surface area (Å²) in [5, 5.41) is 3.19. The highest BCUT2D eigenvalue weighted by Crippen LogP contribution is 2.17. The first-order valence-electron chi connectivity index (χ1n) is 9.62. The number of nitrogens with two attached hydrogens (primary N) is 1. The molecular formula is C20H35N5. The van der Waals surface area contributed by atoms with Gasteiger partial charge in [-0.25, -0.2) is 0 Å². The molecule has 0 atom stereocenters. The van der Waals surface area contributed by atoms with Crippen molar-refractivity contribution in [3.63, 3.8) is 0 Å². The number of nitrogens with one attached hydrogen (secondary N) is 1. The van der Waals surface area contributed by atoms with Gasteiger partial charge in [0.2, 0.25) is 0 Å². The Bertz CT molecular complexity index is 533. The molecule has 1 aromatic carbocycles. The van der Waals surface area contributed by atoms with Gasteiger partial charge in [-0.2, -0.15) is 0 Å². The first kappa shape index (κ1) is 19.6. The molecule has 1 fully saturated rings. The molecule has 3 N–H and O–H groups in total. The molecular weight excluding hydrogens is 310 g/mol. The van der Waals surface area contributed by atoms with E-state index in [4.69, 9.17) is 5.73 Å². The quantitative estimate of drug-likeness (QED) is 0.432. The first-order valence-corrected chi connectivity index (χ1v) is 9.62. The van der Waals surface area contributed by atoms with Crippen LogP contribution in [0.25, 0.3) is 0 Å². The van der Waals surface area contributed by atoms with E-state index in [1.807, 2.05) is 0 Å². The molecule has 25 heavy (non-hydrogen) atoms. The summed E-state index contributed by atoms with van der Waals surface area (Å²) in [5.74, 6) is 1.28. The summed E-state index contributed by atoms with van der Waals surface area (Å²) in [5.41, 5.74) is 8.57. The highest BCUT2D eigenvalue weighted by atomic mass is 15.3. The Morgan fingerprint density at radius 1 is 1.24 bits per heavy atom. The number of nitrogens with zero attached hydrogens (tertiary/aromatic N) is 3. The molecule has 1 aliphatic rings. The molecule has 1 heterocycles. The fourth-order valence-corrected chi connectivity index (χ4v) is 3.09. The van der Waals surface area contributed by atoms with Crippen LogP contribution in [0.1, 0.15) is 32.3 Å². The standard InChI is InChI=1S/C20H35N5/c1-17(2)8-10-23-20(21)22-9-5-11-24-12-14-25(15-13-24)19-7-4-6-18(3)16-19/h4,6-7,16-17H,5,8-15H2,1-3H3,(H3,21,22,23). The van der Waals surface area contributed by atoms with E-state index in [0.29, 0.717) is 11.9 Å². The topological polar surface area (TPSA) is 56.9 Å². The average molecular weight is 346 g/mol. The Labute approximate surface area is 153 Å². The number of hydrogen-bond acceptors (Lipinski definition) is 3. The molecule has 2 rings (SSSR count). The predicted octanol–water partition coefficient (Wildman–Crippen LogP) is 2.46. The minimum absolute atomic E-state index is 0.588. The third-order valence-electron chi connectivity index (χ3n) is 4.68. The number of anilines is 1. The second-order valence-electron chi connectivity index (χ2n) is 7.40. The number of hydrogen-bond donors (Lipinski definition) is 2. The van der Waals surface area contributed by atoms with Crippen LogP contribution in [-0.2, 0) is 0 Å². The van der Waals surface area contributed by atoms with Crippen molar-refractivity contribution < 1.29 is 0 Å². The van der Waals surface area contributed by atoms with Gasteiger partial charge < -0.3 is 16.0 Å². The van der Waals surface area contributed by atoms with Gasteiger partial charge in [-0.3, -0.25) is 9.89 Å². The summed E-state index contributed by atoms with van der Waals surface area (Å²) in [7, 11) is 0. The molecule has 0 bridgehead atoms. The van der Waals surface area contributed by atoms with Crippen molar-refractivity contribution in [3.8, 4) is 0 Å². The maximum atomic E-state index is 5.89. The minimum atomic E-state index is 0.588. The fraction of sp³-hybridized carbons (Fsp3) is 0.650. The van der Waals surface area contributed by atoms with Crippen LogP contribution in [0.3, 0.4) is 0 Å². The summed E-state index contributed by atoms with van der Waals surface area (Å²) < 4.78 is 0. The first-order chi connectivity index (χ1) is 12.0. The van der Waals surface area contributed by atoms with E-state index in [2.05, 4.69) is 65.1 Å². The highest BCUT2D eigenvalue weighted by molar-refractivity contribution is 5.77. The second kappa shape index (κ2) is 10.3. The van der Waals surface area contributed by atoms with Gasteiger partial charge in [0.05, 0.1) is 0 Å². The highest BCUT2D eigenvalue weighted by Gasteiger charge is 2.16. The molecule has 0 unspecified atom stereocenters. The smallest absolute Gasteiger partial charge is 0.188 e. The number of piperazine rings is 1. The van der Waals surface area contributed by atoms with Crippen molar-refractivity contribution in [1.82, 2.24) is 10.2 Å². The average Bonchev–Trinajstić information content (AvgIpc) is 2.59. The summed E-state index contributed by atoms with van der Waals surface area (Å²) in [6, 6.07) is 8.80. The van der Waals surface area contributed by atoms with Gasteiger partial charge in [-0.05, 0) is 43.4 Å². The lowest BCUT2D eigenvalue weighted by Crippen LogP contribution is -2.46. The van der Waals surface area contributed by atoms with Gasteiger partial charge >= 0.3 is 0 Å². The van der Waals surface area contributed by atoms with Crippen molar-refractivity contribution in [2.45, 2.75) is 33.6 Å². The van der Waals surface area contributed by atoms with Gasteiger partial charge in [0.1, 0.15) is 0 Å². The van der Waals surface area contributed by atoms with E-state index in [0.717, 1.165) is 58.7 Å². The van der Waals surface area contributed by atoms with Gasteiger partial charge in [0.15, 0.2) is 5.96 Å². The van der Waals surface area contributed by atoms with Crippen molar-refractivity contribution in [2.75, 3.05) is 50.7 Å². The Kier molecular flexibility index (Phi) is 8.06. The van der Waals surface area contributed by atoms with Crippen LogP contribution in [0.5, 0.6) is 0 Å². The van der Waals surface area contributed by atoms with Gasteiger partial charge in [0.25, 0.3) is 0 Å². The number of aliphatic imine (C=N–C) groups is 1. The van der Waals surface area contributed by atoms with Crippen LogP contribution in [0.4, 0.5) is 5.69 Å². The number of aryl methyl sites for hydroxylation is 1. The zero-order valence-corrected chi connectivity index (χ0v) is 16.2. The van der Waals surface area contributed by atoms with E-state index in [1.165, 1.54) is 11.3 Å². The van der Waals surface area contributed by atoms with Crippen molar-refractivity contribution in [1.29, 1.82) is 0 Å². The van der Waals surface area contributed by atoms with E-state index in [1.54, 1.807) is 0 Å². The molecule has 5 nitrogen and oxygen atoms in total. The molecule has 0 spiro atoms. The van der Waals surface area contributed by atoms with E-state index >= 15 is 0 Å². The SMILES string of the molecule is Cc1cccc(N2CCN(CCCN=C(N)NCCC(C)C)CC2)c1. The van der Waals surface area contributed by atoms with E-state index in [-0.39, 0.29) is 0 Å². The lowest BCUT2D eigenvalue weighted by Gasteiger charge is -2.36. The normalized spacial score (nSPS) is 16.5. The fourth-order valence-electron chi connectivity index (χ4n) is 3.09. The molecule has 140 valence electrons. The number of benzene rings is 1. The van der Waals surface area contributed by atoms with E-state index < -0.39 is 0 Å². The molecule has 5 heteroatoms. The molecule has 0 radical (unpaired) electrons. The lowest BCUT2D eigenvalue weighted by atomic mass is 10.1. The van der Waals surface area contributed by atoms with Crippen molar-refractivity contribution >= 4 is 11.6 Å². The molecule has 1 aliphatic heterocycles. The zero-order chi connectivity index (χ0) is 18.1. The number of rotatable bonds is 8. The summed E-state index contributed by atoms with van der Waals surface area (Å²) in [4.78, 5) is 9.44. The Hall–Kier alpha value is -1.75. The Morgan fingerprint density at radius 3 is 2.68 bits per heavy atom. The number of guanidine groups is 1. The summed E-state index contributed by atoms with van der Waals surface area (Å²) in [6.07, 6.45) is 2.19. The third kappa shape index (κ3) is 7.34. The van der Waals surface area contributed by atoms with Crippen LogP contribution in [-0.4, -0.2) is 56.7 Å². The van der Waals surface area contributed by atoms with Crippen LogP contribution < -0.4 is 16.0 Å². The largest absolute Gasteiger partial charge is 0.370 e. The van der Waals surface area contributed by atoms with Crippen molar-refractivity contribution in [3.05, 3.63) is 29.8 Å². The predicted molar refractivity (Wildman–Crippen MR) is 108 cm³/mol. The summed E-state index contributed by atoms with van der Waals surface area (Å²) in [6.45, 7) is 13.9. The van der Waals surface area contributed by atoms with Crippen LogP contribution in [0.15, 0.2) is 29.3 Å². The maximum absolute atomic E-state index is 5.89. The van der Waals surface area contributed by atoms with Crippen LogP contribution in [0, 0.1) is 12.8 Å². The molecule has 1 aromatic rings. The Morgan fingerprint density at radius 2 is 2.00 bits per heavy atom. The molecule has 1 saturated heterocycles. The third-order valence-corrected chi connectivity index (χ3v) is 4.68. The van der Waals surface area contributed by atoms with Gasteiger partial charge in [-0.15, -0.1) is 0 Å². The van der Waals surface area contributed by atoms with E-state index in [9.17, 15) is 0 Å². The second-order valence-corrected chi connectivity index (χ2v) is 7.40. The van der Waals surface area contributed by atoms with Crippen LogP contribution in [0.2, 0.25) is 0 Å². The molecule has 0 saturated carbocycles.